The number of morpholine rings is 1. The molecule has 5 nitrogen and oxygen atoms in total. The van der Waals surface area contributed by atoms with Crippen molar-refractivity contribution in [1.82, 2.24) is 9.47 Å². The molecular formula is C14H17FN2O3. The Bertz CT molecular complexity index is 528. The van der Waals surface area contributed by atoms with Crippen LogP contribution in [0.1, 0.15) is 29.4 Å². The first kappa shape index (κ1) is 13.3. The molecule has 2 unspecified atom stereocenters. The van der Waals surface area contributed by atoms with Crippen molar-refractivity contribution in [3.05, 3.63) is 24.0 Å². The first-order chi connectivity index (χ1) is 9.70. The number of amides is 1. The molecule has 0 bridgehead atoms. The Morgan fingerprint density at radius 1 is 1.50 bits per heavy atom. The first-order valence-corrected chi connectivity index (χ1v) is 6.87. The molecule has 0 radical (unpaired) electrons. The van der Waals surface area contributed by atoms with Gasteiger partial charge in [0.25, 0.3) is 0 Å². The van der Waals surface area contributed by atoms with Crippen LogP contribution >= 0.6 is 0 Å². The number of alkyl halides is 1. The predicted molar refractivity (Wildman–Crippen MR) is 69.3 cm³/mol. The molecule has 2 aliphatic rings. The monoisotopic (exact) mass is 280 g/mol. The molecule has 2 atom stereocenters. The topological polar surface area (TPSA) is 51.5 Å². The minimum atomic E-state index is -0.582. The van der Waals surface area contributed by atoms with E-state index in [0.29, 0.717) is 31.7 Å². The quantitative estimate of drug-likeness (QED) is 0.818. The highest BCUT2D eigenvalue weighted by Crippen LogP contribution is 2.27. The van der Waals surface area contributed by atoms with Crippen LogP contribution in [0.25, 0.3) is 0 Å². The van der Waals surface area contributed by atoms with Crippen LogP contribution in [0.4, 0.5) is 4.39 Å². The van der Waals surface area contributed by atoms with Gasteiger partial charge in [-0.25, -0.2) is 4.39 Å². The van der Waals surface area contributed by atoms with Crippen molar-refractivity contribution in [2.45, 2.75) is 25.0 Å². The van der Waals surface area contributed by atoms with Crippen LogP contribution in [-0.4, -0.2) is 53.6 Å². The summed E-state index contributed by atoms with van der Waals surface area (Å²) in [5, 5.41) is 0. The van der Waals surface area contributed by atoms with Gasteiger partial charge in [-0.15, -0.1) is 0 Å². The molecule has 1 saturated heterocycles. The summed E-state index contributed by atoms with van der Waals surface area (Å²) < 4.78 is 19.7. The number of rotatable bonds is 2. The van der Waals surface area contributed by atoms with Crippen LogP contribution in [0.3, 0.4) is 0 Å². The molecule has 2 aliphatic heterocycles. The number of hydrogen-bond donors (Lipinski definition) is 0. The molecule has 3 rings (SSSR count). The lowest BCUT2D eigenvalue weighted by molar-refractivity contribution is -0.143. The number of carbonyl (C=O) groups is 2. The SMILES string of the molecule is O=C1CCC(C(=O)N2CCOC(CF)C2)n2cccc21. The van der Waals surface area contributed by atoms with Gasteiger partial charge in [0.05, 0.1) is 12.3 Å². The molecule has 1 aromatic rings. The van der Waals surface area contributed by atoms with Gasteiger partial charge in [0, 0.05) is 25.7 Å². The maximum absolute atomic E-state index is 12.7. The Morgan fingerprint density at radius 3 is 3.15 bits per heavy atom. The fourth-order valence-electron chi connectivity index (χ4n) is 2.90. The minimum Gasteiger partial charge on any atom is -0.372 e. The van der Waals surface area contributed by atoms with Crippen LogP contribution < -0.4 is 0 Å². The van der Waals surface area contributed by atoms with Crippen molar-refractivity contribution in [2.75, 3.05) is 26.4 Å². The fraction of sp³-hybridized carbons (Fsp3) is 0.571. The summed E-state index contributed by atoms with van der Waals surface area (Å²) in [4.78, 5) is 26.0. The van der Waals surface area contributed by atoms with Gasteiger partial charge < -0.3 is 14.2 Å². The van der Waals surface area contributed by atoms with Crippen molar-refractivity contribution < 1.29 is 18.7 Å². The van der Waals surface area contributed by atoms with E-state index >= 15 is 0 Å². The summed E-state index contributed by atoms with van der Waals surface area (Å²) in [6.07, 6.45) is 2.14. The van der Waals surface area contributed by atoms with E-state index in [-0.39, 0.29) is 24.3 Å². The van der Waals surface area contributed by atoms with Gasteiger partial charge in [-0.05, 0) is 18.6 Å². The number of halogens is 1. The lowest BCUT2D eigenvalue weighted by atomic mass is 10.0. The average Bonchev–Trinajstić information content (AvgIpc) is 2.97. The second-order valence-corrected chi connectivity index (χ2v) is 5.21. The predicted octanol–water partition coefficient (Wildman–Crippen LogP) is 1.20. The number of hydrogen-bond acceptors (Lipinski definition) is 3. The Labute approximate surface area is 116 Å². The van der Waals surface area contributed by atoms with Gasteiger partial charge in [-0.3, -0.25) is 9.59 Å². The number of Topliss-reactive ketones (excluding diaryl/α,β-unsaturated/α-hetero) is 1. The van der Waals surface area contributed by atoms with E-state index in [1.165, 1.54) is 0 Å². The van der Waals surface area contributed by atoms with Crippen molar-refractivity contribution in [3.63, 3.8) is 0 Å². The molecule has 1 fully saturated rings. The van der Waals surface area contributed by atoms with Crippen molar-refractivity contribution >= 4 is 11.7 Å². The van der Waals surface area contributed by atoms with Crippen LogP contribution in [-0.2, 0) is 9.53 Å². The highest BCUT2D eigenvalue weighted by molar-refractivity contribution is 5.97. The maximum Gasteiger partial charge on any atom is 0.245 e. The molecule has 0 saturated carbocycles. The summed E-state index contributed by atoms with van der Waals surface area (Å²) in [5.74, 6) is 0.0272. The van der Waals surface area contributed by atoms with Gasteiger partial charge in [-0.1, -0.05) is 0 Å². The van der Waals surface area contributed by atoms with E-state index in [1.54, 1.807) is 27.8 Å². The van der Waals surface area contributed by atoms with Gasteiger partial charge in [0.1, 0.15) is 18.8 Å². The highest BCUT2D eigenvalue weighted by atomic mass is 19.1. The fourth-order valence-corrected chi connectivity index (χ4v) is 2.90. The summed E-state index contributed by atoms with van der Waals surface area (Å²) in [6, 6.07) is 3.17. The average molecular weight is 280 g/mol. The minimum absolute atomic E-state index is 0.0447. The van der Waals surface area contributed by atoms with Crippen LogP contribution in [0.5, 0.6) is 0 Å². The van der Waals surface area contributed by atoms with E-state index in [2.05, 4.69) is 0 Å². The largest absolute Gasteiger partial charge is 0.372 e. The van der Waals surface area contributed by atoms with Crippen molar-refractivity contribution in [3.8, 4) is 0 Å². The molecule has 6 heteroatoms. The number of nitrogens with zero attached hydrogens (tertiary/aromatic N) is 2. The number of ketones is 1. The van der Waals surface area contributed by atoms with E-state index < -0.39 is 12.8 Å². The standard InChI is InChI=1S/C14H17FN2O3/c15-8-10-9-16(6-7-20-10)14(19)12-3-4-13(18)11-2-1-5-17(11)12/h1-2,5,10,12H,3-4,6-9H2. The lowest BCUT2D eigenvalue weighted by Gasteiger charge is -2.35. The molecule has 0 aromatic carbocycles. The molecule has 0 aliphatic carbocycles. The van der Waals surface area contributed by atoms with Crippen molar-refractivity contribution in [2.24, 2.45) is 0 Å². The molecule has 3 heterocycles. The third kappa shape index (κ3) is 2.24. The molecule has 108 valence electrons. The van der Waals surface area contributed by atoms with Crippen molar-refractivity contribution in [1.29, 1.82) is 0 Å². The number of fused-ring (bicyclic) bond motifs is 1. The van der Waals surface area contributed by atoms with E-state index in [9.17, 15) is 14.0 Å². The van der Waals surface area contributed by atoms with Gasteiger partial charge in [0.2, 0.25) is 5.91 Å². The Balaban J connectivity index is 1.78. The maximum atomic E-state index is 12.7. The first-order valence-electron chi connectivity index (χ1n) is 6.87. The van der Waals surface area contributed by atoms with Crippen LogP contribution in [0.15, 0.2) is 18.3 Å². The molecule has 1 aromatic heterocycles. The third-order valence-electron chi connectivity index (χ3n) is 3.95. The highest BCUT2D eigenvalue weighted by Gasteiger charge is 2.34. The number of ether oxygens (including phenoxy) is 1. The lowest BCUT2D eigenvalue weighted by Crippen LogP contribution is -2.49. The van der Waals surface area contributed by atoms with Crippen LogP contribution in [0, 0.1) is 0 Å². The second kappa shape index (κ2) is 5.36. The molecule has 0 spiro atoms. The zero-order valence-corrected chi connectivity index (χ0v) is 11.1. The van der Waals surface area contributed by atoms with E-state index in [4.69, 9.17) is 4.74 Å². The Morgan fingerprint density at radius 2 is 2.35 bits per heavy atom. The third-order valence-corrected chi connectivity index (χ3v) is 3.95. The van der Waals surface area contributed by atoms with E-state index in [1.807, 2.05) is 0 Å². The normalized spacial score (nSPS) is 26.4. The second-order valence-electron chi connectivity index (χ2n) is 5.21. The zero-order chi connectivity index (χ0) is 14.1. The van der Waals surface area contributed by atoms with Crippen LogP contribution in [0.2, 0.25) is 0 Å². The molecule has 0 N–H and O–H groups in total. The number of aromatic nitrogens is 1. The molecular weight excluding hydrogens is 263 g/mol. The summed E-state index contributed by atoms with van der Waals surface area (Å²) in [5.41, 5.74) is 0.588. The van der Waals surface area contributed by atoms with Gasteiger partial charge in [-0.2, -0.15) is 0 Å². The van der Waals surface area contributed by atoms with E-state index in [0.717, 1.165) is 0 Å². The molecule has 20 heavy (non-hydrogen) atoms. The summed E-state index contributed by atoms with van der Waals surface area (Å²) in [7, 11) is 0. The summed E-state index contributed by atoms with van der Waals surface area (Å²) >= 11 is 0. The Hall–Kier alpha value is -1.69. The smallest absolute Gasteiger partial charge is 0.245 e. The van der Waals surface area contributed by atoms with Gasteiger partial charge >= 0.3 is 0 Å². The summed E-state index contributed by atoms with van der Waals surface area (Å²) in [6.45, 7) is 0.555. The molecule has 1 amide bonds. The van der Waals surface area contributed by atoms with Gasteiger partial charge in [0.15, 0.2) is 5.78 Å². The zero-order valence-electron chi connectivity index (χ0n) is 11.1. The Kier molecular flexibility index (Phi) is 3.56. The number of carbonyl (C=O) groups excluding carboxylic acids is 2.